The molecule has 0 amide bonds. The summed E-state index contributed by atoms with van der Waals surface area (Å²) in [6.45, 7) is 3.74. The van der Waals surface area contributed by atoms with Gasteiger partial charge in [-0.15, -0.1) is 0 Å². The van der Waals surface area contributed by atoms with Crippen LogP contribution in [0.2, 0.25) is 5.02 Å². The van der Waals surface area contributed by atoms with E-state index in [1.807, 2.05) is 62.4 Å². The predicted molar refractivity (Wildman–Crippen MR) is 131 cm³/mol. The Balaban J connectivity index is 1.90. The fraction of sp³-hybridized carbons (Fsp3) is 0.148. The van der Waals surface area contributed by atoms with Crippen LogP contribution < -0.4 is 14.2 Å². The van der Waals surface area contributed by atoms with Crippen molar-refractivity contribution in [1.29, 1.82) is 0 Å². The Kier molecular flexibility index (Phi) is 7.74. The monoisotopic (exact) mass is 448 g/mol. The van der Waals surface area contributed by atoms with E-state index in [0.29, 0.717) is 22.3 Å². The number of carbonyl (C=O) groups is 1. The van der Waals surface area contributed by atoms with Gasteiger partial charge in [0.2, 0.25) is 0 Å². The largest absolute Gasteiger partial charge is 0.497 e. The van der Waals surface area contributed by atoms with Gasteiger partial charge in [0, 0.05) is 22.7 Å². The molecule has 0 atom stereocenters. The molecule has 3 aromatic carbocycles. The van der Waals surface area contributed by atoms with E-state index in [2.05, 4.69) is 0 Å². The highest BCUT2D eigenvalue weighted by molar-refractivity contribution is 6.32. The first-order valence-corrected chi connectivity index (χ1v) is 10.4. The van der Waals surface area contributed by atoms with Crippen molar-refractivity contribution in [3.05, 3.63) is 93.5 Å². The first kappa shape index (κ1) is 23.2. The van der Waals surface area contributed by atoms with Crippen LogP contribution in [-0.2, 0) is 4.79 Å². The third-order valence-corrected chi connectivity index (χ3v) is 5.47. The fourth-order valence-corrected chi connectivity index (χ4v) is 3.35. The van der Waals surface area contributed by atoms with Gasteiger partial charge < -0.3 is 14.2 Å². The van der Waals surface area contributed by atoms with E-state index in [0.717, 1.165) is 27.8 Å². The molecule has 0 heterocycles. The second-order valence-corrected chi connectivity index (χ2v) is 7.58. The van der Waals surface area contributed by atoms with Gasteiger partial charge in [-0.1, -0.05) is 54.1 Å². The van der Waals surface area contributed by atoms with Crippen molar-refractivity contribution in [1.82, 2.24) is 0 Å². The van der Waals surface area contributed by atoms with E-state index in [1.54, 1.807) is 38.5 Å². The Bertz CT molecular complexity index is 1140. The Morgan fingerprint density at radius 2 is 1.53 bits per heavy atom. The molecule has 164 valence electrons. The first-order valence-electron chi connectivity index (χ1n) is 10.1. The second kappa shape index (κ2) is 10.7. The summed E-state index contributed by atoms with van der Waals surface area (Å²) in [5, 5.41) is 0.665. The van der Waals surface area contributed by atoms with Crippen LogP contribution in [0.4, 0.5) is 0 Å². The minimum Gasteiger partial charge on any atom is -0.497 e. The molecular weight excluding hydrogens is 424 g/mol. The maximum Gasteiger partial charge on any atom is 0.336 e. The first-order chi connectivity index (χ1) is 15.4. The van der Waals surface area contributed by atoms with Crippen LogP contribution in [0.5, 0.6) is 17.2 Å². The quantitative estimate of drug-likeness (QED) is 0.173. The highest BCUT2D eigenvalue weighted by Crippen LogP contribution is 2.31. The Morgan fingerprint density at radius 1 is 0.844 bits per heavy atom. The molecule has 5 heteroatoms. The lowest BCUT2D eigenvalue weighted by molar-refractivity contribution is -0.128. The number of methoxy groups -OCH3 is 2. The summed E-state index contributed by atoms with van der Waals surface area (Å²) < 4.78 is 16.4. The molecule has 0 fully saturated rings. The van der Waals surface area contributed by atoms with Crippen LogP contribution in [0.3, 0.4) is 0 Å². The SMILES string of the molecule is COc1cc(/C=C/c2ccccc2)c(/C=C/C(=O)Oc2cc(C)c(Cl)c(C)c2)c(OC)c1. The lowest BCUT2D eigenvalue weighted by atomic mass is 10.0. The normalized spacial score (nSPS) is 11.2. The van der Waals surface area contributed by atoms with E-state index in [9.17, 15) is 4.79 Å². The molecule has 0 bridgehead atoms. The van der Waals surface area contributed by atoms with E-state index in [-0.39, 0.29) is 0 Å². The Labute approximate surface area is 193 Å². The molecule has 0 unspecified atom stereocenters. The maximum absolute atomic E-state index is 12.5. The van der Waals surface area contributed by atoms with E-state index in [4.69, 9.17) is 25.8 Å². The third kappa shape index (κ3) is 5.80. The van der Waals surface area contributed by atoms with Gasteiger partial charge in [-0.05, 0) is 60.4 Å². The summed E-state index contributed by atoms with van der Waals surface area (Å²) in [7, 11) is 3.18. The molecule has 0 saturated carbocycles. The second-order valence-electron chi connectivity index (χ2n) is 7.20. The highest BCUT2D eigenvalue weighted by atomic mass is 35.5. The molecule has 32 heavy (non-hydrogen) atoms. The minimum atomic E-state index is -0.498. The number of carbonyl (C=O) groups excluding carboxylic acids is 1. The van der Waals surface area contributed by atoms with E-state index in [1.165, 1.54) is 6.08 Å². The standard InChI is InChI=1S/C27H25ClO4/c1-18-14-23(15-19(2)27(18)28)32-26(29)13-12-24-21(11-10-20-8-6-5-7-9-20)16-22(30-3)17-25(24)31-4/h5-17H,1-4H3/b11-10+,13-12+. The van der Waals surface area contributed by atoms with Gasteiger partial charge >= 0.3 is 5.97 Å². The molecule has 3 rings (SSSR count). The molecule has 0 saturated heterocycles. The van der Waals surface area contributed by atoms with E-state index < -0.39 is 5.97 Å². The molecular formula is C27H25ClO4. The van der Waals surface area contributed by atoms with Crippen molar-refractivity contribution in [3.63, 3.8) is 0 Å². The molecule has 3 aromatic rings. The zero-order valence-corrected chi connectivity index (χ0v) is 19.3. The number of ether oxygens (including phenoxy) is 3. The van der Waals surface area contributed by atoms with Gasteiger partial charge in [0.1, 0.15) is 17.2 Å². The smallest absolute Gasteiger partial charge is 0.336 e. The van der Waals surface area contributed by atoms with E-state index >= 15 is 0 Å². The van der Waals surface area contributed by atoms with Crippen LogP contribution in [0, 0.1) is 13.8 Å². The molecule has 0 radical (unpaired) electrons. The molecule has 0 aliphatic rings. The maximum atomic E-state index is 12.5. The lowest BCUT2D eigenvalue weighted by Crippen LogP contribution is -2.04. The van der Waals surface area contributed by atoms with Crippen molar-refractivity contribution in [3.8, 4) is 17.2 Å². The number of rotatable bonds is 7. The van der Waals surface area contributed by atoms with Gasteiger partial charge in [-0.25, -0.2) is 4.79 Å². The average molecular weight is 449 g/mol. The highest BCUT2D eigenvalue weighted by Gasteiger charge is 2.11. The Morgan fingerprint density at radius 3 is 2.16 bits per heavy atom. The number of benzene rings is 3. The summed E-state index contributed by atoms with van der Waals surface area (Å²) in [5.41, 5.74) is 4.33. The van der Waals surface area contributed by atoms with Gasteiger partial charge in [0.25, 0.3) is 0 Å². The number of aryl methyl sites for hydroxylation is 2. The van der Waals surface area contributed by atoms with Gasteiger partial charge in [-0.2, -0.15) is 0 Å². The molecule has 0 aliphatic carbocycles. The van der Waals surface area contributed by atoms with Crippen LogP contribution in [0.15, 0.2) is 60.7 Å². The average Bonchev–Trinajstić information content (AvgIpc) is 2.80. The Hall–Kier alpha value is -3.50. The molecule has 0 N–H and O–H groups in total. The zero-order chi connectivity index (χ0) is 23.1. The molecule has 0 aliphatic heterocycles. The molecule has 0 spiro atoms. The third-order valence-electron chi connectivity index (χ3n) is 4.87. The topological polar surface area (TPSA) is 44.8 Å². The van der Waals surface area contributed by atoms with Gasteiger partial charge in [-0.3, -0.25) is 0 Å². The van der Waals surface area contributed by atoms with Crippen LogP contribution in [0.1, 0.15) is 27.8 Å². The summed E-state index contributed by atoms with van der Waals surface area (Å²) in [6, 6.07) is 17.1. The number of halogens is 1. The summed E-state index contributed by atoms with van der Waals surface area (Å²) in [5.74, 6) is 1.19. The van der Waals surface area contributed by atoms with Crippen molar-refractivity contribution in [2.45, 2.75) is 13.8 Å². The van der Waals surface area contributed by atoms with Crippen LogP contribution in [0.25, 0.3) is 18.2 Å². The van der Waals surface area contributed by atoms with Gasteiger partial charge in [0.15, 0.2) is 0 Å². The fourth-order valence-electron chi connectivity index (χ4n) is 3.24. The summed E-state index contributed by atoms with van der Waals surface area (Å²) in [6.07, 6.45) is 7.00. The lowest BCUT2D eigenvalue weighted by Gasteiger charge is -2.12. The number of hydrogen-bond donors (Lipinski definition) is 0. The number of hydrogen-bond acceptors (Lipinski definition) is 4. The molecule has 0 aromatic heterocycles. The van der Waals surface area contributed by atoms with Crippen molar-refractivity contribution >= 4 is 35.8 Å². The van der Waals surface area contributed by atoms with Crippen molar-refractivity contribution < 1.29 is 19.0 Å². The zero-order valence-electron chi connectivity index (χ0n) is 18.5. The minimum absolute atomic E-state index is 0.449. The summed E-state index contributed by atoms with van der Waals surface area (Å²) in [4.78, 5) is 12.5. The van der Waals surface area contributed by atoms with Crippen LogP contribution in [-0.4, -0.2) is 20.2 Å². The number of esters is 1. The predicted octanol–water partition coefficient (Wildman–Crippen LogP) is 6.76. The van der Waals surface area contributed by atoms with Crippen LogP contribution >= 0.6 is 11.6 Å². The molecule has 4 nitrogen and oxygen atoms in total. The summed E-state index contributed by atoms with van der Waals surface area (Å²) >= 11 is 6.19. The van der Waals surface area contributed by atoms with Gasteiger partial charge in [0.05, 0.1) is 14.2 Å². The van der Waals surface area contributed by atoms with Crippen molar-refractivity contribution in [2.75, 3.05) is 14.2 Å². The van der Waals surface area contributed by atoms with Crippen molar-refractivity contribution in [2.24, 2.45) is 0 Å².